The number of benzene rings is 1. The first kappa shape index (κ1) is 18.5. The van der Waals surface area contributed by atoms with E-state index < -0.39 is 0 Å². The van der Waals surface area contributed by atoms with Crippen LogP contribution in [-0.2, 0) is 0 Å². The lowest BCUT2D eigenvalue weighted by Crippen LogP contribution is -2.29. The average Bonchev–Trinajstić information content (AvgIpc) is 3.23. The summed E-state index contributed by atoms with van der Waals surface area (Å²) in [6.07, 6.45) is 1.72. The Labute approximate surface area is 166 Å². The molecule has 0 N–H and O–H groups in total. The number of hydrogen-bond donors (Lipinski definition) is 0. The average molecular weight is 400 g/mol. The Kier molecular flexibility index (Phi) is 4.84. The van der Waals surface area contributed by atoms with Crippen LogP contribution < -0.4 is 9.47 Å². The predicted molar refractivity (Wildman–Crippen MR) is 107 cm³/mol. The van der Waals surface area contributed by atoms with E-state index in [1.807, 2.05) is 18.2 Å². The monoisotopic (exact) mass is 400 g/mol. The molecule has 28 heavy (non-hydrogen) atoms. The number of fused-ring (bicyclic) bond motifs is 1. The van der Waals surface area contributed by atoms with Crippen LogP contribution in [0.1, 0.15) is 30.3 Å². The van der Waals surface area contributed by atoms with Crippen molar-refractivity contribution in [2.75, 3.05) is 20.8 Å². The Hall–Kier alpha value is -2.81. The Morgan fingerprint density at radius 1 is 1.25 bits per heavy atom. The molecular weight excluding hydrogens is 380 g/mol. The minimum atomic E-state index is -0.378. The van der Waals surface area contributed by atoms with Crippen molar-refractivity contribution < 1.29 is 14.4 Å². The van der Waals surface area contributed by atoms with Gasteiger partial charge in [0, 0.05) is 18.0 Å². The number of hydrogen-bond acceptors (Lipinski definition) is 8. The van der Waals surface area contributed by atoms with Gasteiger partial charge < -0.3 is 14.4 Å². The van der Waals surface area contributed by atoms with E-state index in [1.54, 1.807) is 24.0 Å². The molecule has 8 nitrogen and oxygen atoms in total. The molecule has 0 aliphatic carbocycles. The molecule has 2 aliphatic rings. The maximum Gasteiger partial charge on any atom is 0.278 e. The smallest absolute Gasteiger partial charge is 0.278 e. The molecule has 0 radical (unpaired) electrons. The van der Waals surface area contributed by atoms with Gasteiger partial charge in [-0.1, -0.05) is 24.8 Å². The van der Waals surface area contributed by atoms with Gasteiger partial charge in [-0.15, -0.1) is 0 Å². The van der Waals surface area contributed by atoms with Crippen LogP contribution in [-0.4, -0.2) is 46.0 Å². The fourth-order valence-electron chi connectivity index (χ4n) is 3.73. The van der Waals surface area contributed by atoms with Gasteiger partial charge in [-0.2, -0.15) is 0 Å². The first-order valence-electron chi connectivity index (χ1n) is 8.85. The molecule has 2 aromatic rings. The van der Waals surface area contributed by atoms with Crippen molar-refractivity contribution >= 4 is 22.6 Å². The second-order valence-corrected chi connectivity index (χ2v) is 8.07. The lowest BCUT2D eigenvalue weighted by atomic mass is 9.94. The van der Waals surface area contributed by atoms with Crippen molar-refractivity contribution in [2.24, 2.45) is 4.99 Å². The van der Waals surface area contributed by atoms with Gasteiger partial charge in [-0.3, -0.25) is 20.1 Å². The topological polar surface area (TPSA) is 90.1 Å². The van der Waals surface area contributed by atoms with E-state index in [-0.39, 0.29) is 22.7 Å². The van der Waals surface area contributed by atoms with E-state index in [0.717, 1.165) is 17.4 Å². The Morgan fingerprint density at radius 2 is 2.00 bits per heavy atom. The number of rotatable bonds is 5. The van der Waals surface area contributed by atoms with Gasteiger partial charge in [0.2, 0.25) is 0 Å². The molecule has 1 saturated heterocycles. The molecular formula is C19H20N4O4S. The lowest BCUT2D eigenvalue weighted by molar-refractivity contribution is -0.386. The zero-order valence-electron chi connectivity index (χ0n) is 15.7. The van der Waals surface area contributed by atoms with E-state index in [0.29, 0.717) is 22.3 Å². The number of aliphatic imine (C=N–C) groups is 1. The lowest BCUT2D eigenvalue weighted by Gasteiger charge is -2.27. The summed E-state index contributed by atoms with van der Waals surface area (Å²) in [6, 6.07) is 8.12. The number of nitro benzene ring substituents is 1. The van der Waals surface area contributed by atoms with Crippen molar-refractivity contribution in [1.82, 2.24) is 9.88 Å². The van der Waals surface area contributed by atoms with Gasteiger partial charge in [-0.05, 0) is 18.2 Å². The zero-order valence-corrected chi connectivity index (χ0v) is 16.5. The van der Waals surface area contributed by atoms with Gasteiger partial charge in [0.15, 0.2) is 16.7 Å². The highest BCUT2D eigenvalue weighted by Crippen LogP contribution is 2.51. The maximum atomic E-state index is 11.9. The minimum Gasteiger partial charge on any atom is -0.493 e. The van der Waals surface area contributed by atoms with Gasteiger partial charge in [-0.25, -0.2) is 0 Å². The van der Waals surface area contributed by atoms with Gasteiger partial charge in [0.1, 0.15) is 6.04 Å². The molecule has 4 rings (SSSR count). The van der Waals surface area contributed by atoms with Crippen LogP contribution in [0.2, 0.25) is 0 Å². The summed E-state index contributed by atoms with van der Waals surface area (Å²) in [6.45, 7) is 2.89. The van der Waals surface area contributed by atoms with Gasteiger partial charge in [0.25, 0.3) is 5.69 Å². The molecule has 2 aliphatic heterocycles. The van der Waals surface area contributed by atoms with E-state index in [2.05, 4.69) is 16.8 Å². The van der Waals surface area contributed by atoms with E-state index in [4.69, 9.17) is 14.5 Å². The van der Waals surface area contributed by atoms with Gasteiger partial charge >= 0.3 is 0 Å². The minimum absolute atomic E-state index is 0.00964. The molecule has 3 heterocycles. The molecule has 0 spiro atoms. The largest absolute Gasteiger partial charge is 0.493 e. The fourth-order valence-corrected chi connectivity index (χ4v) is 4.83. The molecule has 0 unspecified atom stereocenters. The molecule has 0 amide bonds. The van der Waals surface area contributed by atoms with E-state index in [1.165, 1.54) is 20.3 Å². The molecule has 1 fully saturated rings. The summed E-state index contributed by atoms with van der Waals surface area (Å²) >= 11 is 1.69. The number of amidine groups is 1. The molecule has 1 aromatic carbocycles. The van der Waals surface area contributed by atoms with Crippen LogP contribution in [0.4, 0.5) is 5.69 Å². The standard InChI is InChI=1S/C19H20N4O4S/c1-11-10-22-18(17(21-19(22)28-11)13-6-4-5-7-20-13)12-8-15(26-2)16(27-3)9-14(12)23(24)25/h4-9,11,17-18H,10H2,1-3H3/t11-,17-,18-/m0/s1. The molecule has 146 valence electrons. The Balaban J connectivity index is 1.88. The Bertz CT molecular complexity index is 937. The molecule has 1 aromatic heterocycles. The highest BCUT2D eigenvalue weighted by molar-refractivity contribution is 8.14. The van der Waals surface area contributed by atoms with Crippen molar-refractivity contribution in [3.8, 4) is 11.5 Å². The third-order valence-electron chi connectivity index (χ3n) is 4.93. The second-order valence-electron chi connectivity index (χ2n) is 6.66. The molecule has 0 bridgehead atoms. The van der Waals surface area contributed by atoms with Crippen LogP contribution in [0.3, 0.4) is 0 Å². The number of aromatic nitrogens is 1. The predicted octanol–water partition coefficient (Wildman–Crippen LogP) is 3.60. The number of methoxy groups -OCH3 is 2. The van der Waals surface area contributed by atoms with Crippen LogP contribution in [0.5, 0.6) is 11.5 Å². The molecule has 0 saturated carbocycles. The number of thioether (sulfide) groups is 1. The fraction of sp³-hybridized carbons (Fsp3) is 0.368. The number of nitrogens with zero attached hydrogens (tertiary/aromatic N) is 4. The van der Waals surface area contributed by atoms with Gasteiger partial charge in [0.05, 0.1) is 42.5 Å². The van der Waals surface area contributed by atoms with Crippen molar-refractivity contribution in [3.63, 3.8) is 0 Å². The van der Waals surface area contributed by atoms with Crippen molar-refractivity contribution in [1.29, 1.82) is 0 Å². The number of nitro groups is 1. The normalized spacial score (nSPS) is 23.3. The summed E-state index contributed by atoms with van der Waals surface area (Å²) in [5.74, 6) is 0.784. The number of pyridine rings is 1. The quantitative estimate of drug-likeness (QED) is 0.559. The molecule has 3 atom stereocenters. The highest BCUT2D eigenvalue weighted by Gasteiger charge is 2.46. The maximum absolute atomic E-state index is 11.9. The van der Waals surface area contributed by atoms with Crippen LogP contribution in [0, 0.1) is 10.1 Å². The summed E-state index contributed by atoms with van der Waals surface area (Å²) in [5.41, 5.74) is 1.32. The third kappa shape index (κ3) is 3.05. The first-order chi connectivity index (χ1) is 13.5. The summed E-state index contributed by atoms with van der Waals surface area (Å²) < 4.78 is 10.7. The third-order valence-corrected chi connectivity index (χ3v) is 6.03. The second kappa shape index (κ2) is 7.31. The highest BCUT2D eigenvalue weighted by atomic mass is 32.2. The first-order valence-corrected chi connectivity index (χ1v) is 9.73. The van der Waals surface area contributed by atoms with Crippen LogP contribution in [0.25, 0.3) is 0 Å². The summed E-state index contributed by atoms with van der Waals surface area (Å²) in [4.78, 5) is 23.0. The molecule has 9 heteroatoms. The summed E-state index contributed by atoms with van der Waals surface area (Å²) in [5, 5.41) is 13.1. The SMILES string of the molecule is COc1cc([C@H]2[C@H](c3ccccn3)N=C3S[C@@H](C)CN32)c([N+](=O)[O-])cc1OC. The van der Waals surface area contributed by atoms with Crippen molar-refractivity contribution in [3.05, 3.63) is 57.9 Å². The number of ether oxygens (including phenoxy) is 2. The van der Waals surface area contributed by atoms with Crippen LogP contribution in [0.15, 0.2) is 41.5 Å². The van der Waals surface area contributed by atoms with E-state index in [9.17, 15) is 10.1 Å². The van der Waals surface area contributed by atoms with E-state index >= 15 is 0 Å². The Morgan fingerprint density at radius 3 is 2.64 bits per heavy atom. The van der Waals surface area contributed by atoms with Crippen LogP contribution >= 0.6 is 11.8 Å². The summed E-state index contributed by atoms with van der Waals surface area (Å²) in [7, 11) is 2.99. The van der Waals surface area contributed by atoms with Crippen molar-refractivity contribution in [2.45, 2.75) is 24.3 Å². The zero-order chi connectivity index (χ0) is 19.8.